The molecule has 0 amide bonds. The summed E-state index contributed by atoms with van der Waals surface area (Å²) in [4.78, 5) is 12.5. The molecular weight excluding hydrogens is 482 g/mol. The zero-order valence-electron chi connectivity index (χ0n) is 20.0. The van der Waals surface area contributed by atoms with Gasteiger partial charge < -0.3 is 19.1 Å². The van der Waals surface area contributed by atoms with Crippen molar-refractivity contribution in [1.82, 2.24) is 24.8 Å². The van der Waals surface area contributed by atoms with E-state index in [-0.39, 0.29) is 24.1 Å². The van der Waals surface area contributed by atoms with Crippen LogP contribution in [0.1, 0.15) is 47.3 Å². The highest BCUT2D eigenvalue weighted by Crippen LogP contribution is 2.48. The van der Waals surface area contributed by atoms with E-state index in [0.29, 0.717) is 23.1 Å². The van der Waals surface area contributed by atoms with Crippen LogP contribution in [0.15, 0.2) is 54.7 Å². The summed E-state index contributed by atoms with van der Waals surface area (Å²) in [5, 5.41) is 21.8. The third kappa shape index (κ3) is 4.54. The summed E-state index contributed by atoms with van der Waals surface area (Å²) in [6.45, 7) is 0.502. The predicted molar refractivity (Wildman–Crippen MR) is 133 cm³/mol. The Balaban J connectivity index is 1.55. The molecule has 36 heavy (non-hydrogen) atoms. The number of aromatic nitrogens is 5. The van der Waals surface area contributed by atoms with E-state index in [4.69, 9.17) is 26.2 Å². The molecule has 9 nitrogen and oxygen atoms in total. The summed E-state index contributed by atoms with van der Waals surface area (Å²) >= 11 is 6.50. The van der Waals surface area contributed by atoms with Gasteiger partial charge in [0.05, 0.1) is 20.8 Å². The van der Waals surface area contributed by atoms with Crippen molar-refractivity contribution >= 4 is 17.6 Å². The molecule has 0 spiro atoms. The first-order valence-corrected chi connectivity index (χ1v) is 12.0. The fraction of sp³-hybridized carbons (Fsp3) is 0.308. The lowest BCUT2D eigenvalue weighted by Gasteiger charge is -2.24. The van der Waals surface area contributed by atoms with Crippen LogP contribution in [0.2, 0.25) is 5.02 Å². The number of hydrogen-bond donors (Lipinski definition) is 1. The van der Waals surface area contributed by atoms with E-state index in [9.17, 15) is 4.79 Å². The quantitative estimate of drug-likeness (QED) is 0.375. The molecule has 3 heterocycles. The van der Waals surface area contributed by atoms with Crippen LogP contribution in [0.4, 0.5) is 0 Å². The third-order valence-electron chi connectivity index (χ3n) is 6.63. The van der Waals surface area contributed by atoms with Crippen molar-refractivity contribution < 1.29 is 19.4 Å². The number of methoxy groups -OCH3 is 2. The molecule has 0 saturated heterocycles. The van der Waals surface area contributed by atoms with Gasteiger partial charge in [0.2, 0.25) is 0 Å². The van der Waals surface area contributed by atoms with Gasteiger partial charge in [0.1, 0.15) is 6.42 Å². The van der Waals surface area contributed by atoms with Gasteiger partial charge in [-0.1, -0.05) is 23.7 Å². The standard InChI is InChI=1S/C26H26ClN5O4/c1-35-23-7-3-5-18(26(23)36-2)19-13-16(10-12-32-29-24(28-30-32)15-25(33)34)21-6-4-11-31(21)22-9-8-17(27)14-20(19)22/h3-9,11,14,16,19H,10,12-13,15H2,1-2H3,(H,33,34)/t16-,19+/m0/s1. The van der Waals surface area contributed by atoms with Crippen molar-refractivity contribution in [1.29, 1.82) is 0 Å². The molecule has 2 atom stereocenters. The molecule has 2 aromatic carbocycles. The number of aryl methyl sites for hydroxylation is 1. The largest absolute Gasteiger partial charge is 0.493 e. The van der Waals surface area contributed by atoms with Gasteiger partial charge in [-0.2, -0.15) is 4.80 Å². The Morgan fingerprint density at radius 2 is 2.00 bits per heavy atom. The number of benzene rings is 2. The molecule has 0 unspecified atom stereocenters. The van der Waals surface area contributed by atoms with E-state index < -0.39 is 5.97 Å². The van der Waals surface area contributed by atoms with Crippen LogP contribution in [0.25, 0.3) is 5.69 Å². The highest BCUT2D eigenvalue weighted by molar-refractivity contribution is 6.30. The van der Waals surface area contributed by atoms with Crippen LogP contribution in [0.3, 0.4) is 0 Å². The van der Waals surface area contributed by atoms with E-state index in [1.54, 1.807) is 14.2 Å². The van der Waals surface area contributed by atoms with Gasteiger partial charge in [0, 0.05) is 40.0 Å². The SMILES string of the molecule is COc1cccc([C@H]2C[C@H](CCn3nnc(CC(=O)O)n3)c3cccn3-c3ccc(Cl)cc32)c1OC. The summed E-state index contributed by atoms with van der Waals surface area (Å²) < 4.78 is 13.6. The Morgan fingerprint density at radius 1 is 1.14 bits per heavy atom. The average molecular weight is 508 g/mol. The molecule has 1 N–H and O–H groups in total. The van der Waals surface area contributed by atoms with Crippen LogP contribution in [-0.2, 0) is 17.8 Å². The molecule has 2 aromatic heterocycles. The second-order valence-corrected chi connectivity index (χ2v) is 9.17. The van der Waals surface area contributed by atoms with Gasteiger partial charge in [0.25, 0.3) is 0 Å². The van der Waals surface area contributed by atoms with Crippen LogP contribution in [0, 0.1) is 0 Å². The lowest BCUT2D eigenvalue weighted by molar-refractivity contribution is -0.136. The fourth-order valence-corrected chi connectivity index (χ4v) is 5.28. The molecule has 186 valence electrons. The van der Waals surface area contributed by atoms with Gasteiger partial charge in [-0.15, -0.1) is 10.2 Å². The van der Waals surface area contributed by atoms with Crippen molar-refractivity contribution in [3.63, 3.8) is 0 Å². The first-order valence-electron chi connectivity index (χ1n) is 11.6. The molecule has 0 saturated carbocycles. The van der Waals surface area contributed by atoms with Crippen molar-refractivity contribution in [3.8, 4) is 17.2 Å². The fourth-order valence-electron chi connectivity index (χ4n) is 5.10. The number of carboxylic acid groups (broad SMARTS) is 1. The lowest BCUT2D eigenvalue weighted by atomic mass is 9.81. The number of para-hydroxylation sites is 1. The summed E-state index contributed by atoms with van der Waals surface area (Å²) in [5.74, 6) is 0.727. The Hall–Kier alpha value is -3.85. The van der Waals surface area contributed by atoms with Gasteiger partial charge in [-0.3, -0.25) is 4.79 Å². The smallest absolute Gasteiger partial charge is 0.311 e. The number of carbonyl (C=O) groups is 1. The maximum Gasteiger partial charge on any atom is 0.311 e. The minimum absolute atomic E-state index is 0.0140. The molecular formula is C26H26ClN5O4. The van der Waals surface area contributed by atoms with E-state index in [2.05, 4.69) is 44.4 Å². The first kappa shape index (κ1) is 23.9. The minimum Gasteiger partial charge on any atom is -0.493 e. The zero-order valence-corrected chi connectivity index (χ0v) is 20.7. The molecule has 1 aliphatic rings. The Kier molecular flexibility index (Phi) is 6.65. The monoisotopic (exact) mass is 507 g/mol. The number of tetrazole rings is 1. The lowest BCUT2D eigenvalue weighted by Crippen LogP contribution is -2.12. The number of rotatable bonds is 8. The number of carboxylic acids is 1. The van der Waals surface area contributed by atoms with Gasteiger partial charge in [-0.25, -0.2) is 0 Å². The summed E-state index contributed by atoms with van der Waals surface area (Å²) in [5.41, 5.74) is 4.38. The zero-order chi connectivity index (χ0) is 25.2. The second-order valence-electron chi connectivity index (χ2n) is 8.73. The molecule has 4 aromatic rings. The van der Waals surface area contributed by atoms with Crippen molar-refractivity contribution in [3.05, 3.63) is 82.4 Å². The first-order chi connectivity index (χ1) is 17.5. The molecule has 0 bridgehead atoms. The molecule has 0 fully saturated rings. The van der Waals surface area contributed by atoms with Gasteiger partial charge in [-0.05, 0) is 60.0 Å². The number of hydrogen-bond acceptors (Lipinski definition) is 6. The molecule has 1 aliphatic heterocycles. The topological polar surface area (TPSA) is 104 Å². The Bertz CT molecular complexity index is 1400. The van der Waals surface area contributed by atoms with E-state index in [1.165, 1.54) is 10.5 Å². The highest BCUT2D eigenvalue weighted by Gasteiger charge is 2.32. The van der Waals surface area contributed by atoms with E-state index in [0.717, 1.165) is 29.7 Å². The second kappa shape index (κ2) is 10.0. The van der Waals surface area contributed by atoms with Gasteiger partial charge in [0.15, 0.2) is 17.3 Å². The normalized spacial score (nSPS) is 16.6. The Morgan fingerprint density at radius 3 is 2.78 bits per heavy atom. The van der Waals surface area contributed by atoms with E-state index >= 15 is 0 Å². The number of aliphatic carboxylic acids is 1. The van der Waals surface area contributed by atoms with Crippen LogP contribution in [-0.4, -0.2) is 50.1 Å². The average Bonchev–Trinajstić information content (AvgIpc) is 3.51. The van der Waals surface area contributed by atoms with Crippen LogP contribution >= 0.6 is 11.6 Å². The minimum atomic E-state index is -0.984. The summed E-state index contributed by atoms with van der Waals surface area (Å²) in [6.07, 6.45) is 3.34. The molecule has 5 rings (SSSR count). The number of fused-ring (bicyclic) bond motifs is 3. The van der Waals surface area contributed by atoms with Crippen LogP contribution in [0.5, 0.6) is 11.5 Å². The number of halogens is 1. The summed E-state index contributed by atoms with van der Waals surface area (Å²) in [6, 6.07) is 16.1. The van der Waals surface area contributed by atoms with Crippen molar-refractivity contribution in [2.24, 2.45) is 0 Å². The third-order valence-corrected chi connectivity index (χ3v) is 6.87. The van der Waals surface area contributed by atoms with E-state index in [1.807, 2.05) is 30.3 Å². The predicted octanol–water partition coefficient (Wildman–Crippen LogP) is 4.47. The van der Waals surface area contributed by atoms with Crippen LogP contribution < -0.4 is 9.47 Å². The highest BCUT2D eigenvalue weighted by atomic mass is 35.5. The molecule has 10 heteroatoms. The van der Waals surface area contributed by atoms with Crippen molar-refractivity contribution in [2.75, 3.05) is 14.2 Å². The number of nitrogens with zero attached hydrogens (tertiary/aromatic N) is 5. The van der Waals surface area contributed by atoms with Gasteiger partial charge >= 0.3 is 5.97 Å². The number of ether oxygens (including phenoxy) is 2. The molecule has 0 radical (unpaired) electrons. The summed E-state index contributed by atoms with van der Waals surface area (Å²) in [7, 11) is 3.29. The maximum atomic E-state index is 11.0. The van der Waals surface area contributed by atoms with Crippen molar-refractivity contribution in [2.45, 2.75) is 37.6 Å². The Labute approximate surface area is 213 Å². The molecule has 0 aliphatic carbocycles. The maximum absolute atomic E-state index is 11.0.